The summed E-state index contributed by atoms with van der Waals surface area (Å²) in [6, 6.07) is 20.2. The van der Waals surface area contributed by atoms with Gasteiger partial charge >= 0.3 is 0 Å². The summed E-state index contributed by atoms with van der Waals surface area (Å²) in [5.41, 5.74) is 4.53. The summed E-state index contributed by atoms with van der Waals surface area (Å²) in [7, 11) is 2.17. The fraction of sp³-hybridized carbons (Fsp3) is 0.346. The van der Waals surface area contributed by atoms with Crippen LogP contribution in [0, 0.1) is 0 Å². The molecule has 0 aliphatic carbocycles. The second-order valence-corrected chi connectivity index (χ2v) is 9.19. The summed E-state index contributed by atoms with van der Waals surface area (Å²) in [6.45, 7) is 6.05. The number of pyridine rings is 1. The lowest BCUT2D eigenvalue weighted by Crippen LogP contribution is -2.60. The molecule has 5 rings (SSSR count). The Balaban J connectivity index is 1.41. The van der Waals surface area contributed by atoms with Gasteiger partial charge in [-0.3, -0.25) is 9.36 Å². The van der Waals surface area contributed by atoms with Gasteiger partial charge in [0.2, 0.25) is 0 Å². The van der Waals surface area contributed by atoms with Crippen LogP contribution in [0.15, 0.2) is 71.7 Å². The first kappa shape index (κ1) is 19.9. The van der Waals surface area contributed by atoms with Gasteiger partial charge < -0.3 is 15.0 Å². The van der Waals surface area contributed by atoms with Crippen molar-refractivity contribution in [2.24, 2.45) is 0 Å². The molecule has 5 nitrogen and oxygen atoms in total. The van der Waals surface area contributed by atoms with Gasteiger partial charge in [0.15, 0.2) is 0 Å². The number of hydrogen-bond donors (Lipinski definition) is 1. The molecule has 3 aromatic rings. The fourth-order valence-corrected chi connectivity index (χ4v) is 5.35. The summed E-state index contributed by atoms with van der Waals surface area (Å²) in [6.07, 6.45) is 2.94. The predicted octanol–water partition coefficient (Wildman–Crippen LogP) is 4.09. The van der Waals surface area contributed by atoms with E-state index in [0.717, 1.165) is 24.2 Å². The average molecular weight is 416 g/mol. The Morgan fingerprint density at radius 2 is 1.90 bits per heavy atom. The molecule has 3 heterocycles. The monoisotopic (exact) mass is 415 g/mol. The van der Waals surface area contributed by atoms with Crippen LogP contribution in [-0.4, -0.2) is 29.7 Å². The summed E-state index contributed by atoms with van der Waals surface area (Å²) in [5, 5.41) is 3.67. The van der Waals surface area contributed by atoms with Crippen LogP contribution in [0.2, 0.25) is 0 Å². The number of hydrogen-bond acceptors (Lipinski definition) is 4. The molecule has 1 fully saturated rings. The van der Waals surface area contributed by atoms with Crippen LogP contribution >= 0.6 is 0 Å². The number of fused-ring (bicyclic) bond motifs is 3. The van der Waals surface area contributed by atoms with Crippen molar-refractivity contribution < 1.29 is 4.74 Å². The van der Waals surface area contributed by atoms with Crippen molar-refractivity contribution in [1.82, 2.24) is 9.88 Å². The van der Waals surface area contributed by atoms with Crippen molar-refractivity contribution in [3.8, 4) is 11.4 Å². The summed E-state index contributed by atoms with van der Waals surface area (Å²) >= 11 is 0. The largest absolute Gasteiger partial charge is 0.489 e. The number of rotatable bonds is 4. The van der Waals surface area contributed by atoms with Crippen molar-refractivity contribution in [2.45, 2.75) is 44.4 Å². The molecule has 0 amide bonds. The van der Waals surface area contributed by atoms with Gasteiger partial charge in [0.25, 0.3) is 5.56 Å². The van der Waals surface area contributed by atoms with Crippen LogP contribution in [0.3, 0.4) is 0 Å². The first-order valence-corrected chi connectivity index (χ1v) is 11.0. The van der Waals surface area contributed by atoms with E-state index >= 15 is 0 Å². The molecule has 2 unspecified atom stereocenters. The van der Waals surface area contributed by atoms with Crippen LogP contribution < -0.4 is 20.5 Å². The van der Waals surface area contributed by atoms with E-state index in [1.54, 1.807) is 16.8 Å². The maximum Gasteiger partial charge on any atom is 0.258 e. The number of anilines is 1. The zero-order valence-electron chi connectivity index (χ0n) is 18.3. The van der Waals surface area contributed by atoms with E-state index in [1.807, 2.05) is 36.4 Å². The number of ether oxygens (including phenoxy) is 1. The van der Waals surface area contributed by atoms with E-state index in [1.165, 1.54) is 11.3 Å². The maximum atomic E-state index is 12.8. The third-order valence-electron chi connectivity index (χ3n) is 6.78. The van der Waals surface area contributed by atoms with Crippen LogP contribution in [0.5, 0.6) is 5.75 Å². The van der Waals surface area contributed by atoms with Gasteiger partial charge in [-0.1, -0.05) is 36.4 Å². The number of likely N-dealkylation sites (N-methyl/N-ethyl adjacent to an activating group) is 1. The first-order valence-electron chi connectivity index (χ1n) is 11.0. The van der Waals surface area contributed by atoms with Gasteiger partial charge in [-0.15, -0.1) is 0 Å². The molecule has 5 heteroatoms. The Morgan fingerprint density at radius 3 is 2.68 bits per heavy atom. The van der Waals surface area contributed by atoms with Gasteiger partial charge in [-0.2, -0.15) is 0 Å². The molecule has 160 valence electrons. The number of piperidine rings is 1. The number of benzene rings is 2. The molecule has 2 aliphatic heterocycles. The molecule has 31 heavy (non-hydrogen) atoms. The lowest BCUT2D eigenvalue weighted by Gasteiger charge is -2.45. The highest BCUT2D eigenvalue weighted by Crippen LogP contribution is 2.47. The SMILES string of the molecule is CN1c2cc(-n3ccc(OCc4ccccc4)cc3=O)ccc2C2CCNC(C)(C)C21. The molecule has 0 bridgehead atoms. The van der Waals surface area contributed by atoms with Crippen LogP contribution in [0.4, 0.5) is 5.69 Å². The number of nitrogens with zero attached hydrogens (tertiary/aromatic N) is 2. The predicted molar refractivity (Wildman–Crippen MR) is 124 cm³/mol. The highest BCUT2D eigenvalue weighted by molar-refractivity contribution is 5.66. The van der Waals surface area contributed by atoms with Crippen molar-refractivity contribution in [3.63, 3.8) is 0 Å². The molecular weight excluding hydrogens is 386 g/mol. The quantitative estimate of drug-likeness (QED) is 0.697. The number of aromatic nitrogens is 1. The first-order chi connectivity index (χ1) is 14.9. The zero-order chi connectivity index (χ0) is 21.6. The lowest BCUT2D eigenvalue weighted by atomic mass is 9.78. The van der Waals surface area contributed by atoms with Gasteiger partial charge in [0.1, 0.15) is 12.4 Å². The molecule has 0 spiro atoms. The van der Waals surface area contributed by atoms with E-state index in [0.29, 0.717) is 24.3 Å². The van der Waals surface area contributed by atoms with Gasteiger partial charge in [-0.25, -0.2) is 0 Å². The Morgan fingerprint density at radius 1 is 1.10 bits per heavy atom. The molecule has 1 N–H and O–H groups in total. The summed E-state index contributed by atoms with van der Waals surface area (Å²) in [4.78, 5) is 15.2. The standard InChI is InChI=1S/C26H29N3O2/c1-26(2)25-22(11-13-27-26)21-10-9-19(15-23(21)28(25)3)29-14-12-20(16-24(29)30)31-17-18-7-5-4-6-8-18/h4-10,12,14-16,22,25,27H,11,13,17H2,1-3H3. The second kappa shape index (κ2) is 7.57. The van der Waals surface area contributed by atoms with Gasteiger partial charge in [-0.05, 0) is 56.1 Å². The molecule has 1 saturated heterocycles. The van der Waals surface area contributed by atoms with Crippen molar-refractivity contribution in [3.05, 3.63) is 88.3 Å². The minimum Gasteiger partial charge on any atom is -0.489 e. The van der Waals surface area contributed by atoms with Crippen LogP contribution in [-0.2, 0) is 6.61 Å². The third-order valence-corrected chi connectivity index (χ3v) is 6.78. The van der Waals surface area contributed by atoms with E-state index in [2.05, 4.69) is 49.3 Å². The molecule has 2 aliphatic rings. The Bertz CT molecular complexity index is 1150. The van der Waals surface area contributed by atoms with Crippen LogP contribution in [0.25, 0.3) is 5.69 Å². The topological polar surface area (TPSA) is 46.5 Å². The summed E-state index contributed by atoms with van der Waals surface area (Å²) in [5.74, 6) is 1.11. The van der Waals surface area contributed by atoms with E-state index in [-0.39, 0.29) is 11.1 Å². The van der Waals surface area contributed by atoms with E-state index < -0.39 is 0 Å². The Hall–Kier alpha value is -3.05. The van der Waals surface area contributed by atoms with Crippen molar-refractivity contribution in [2.75, 3.05) is 18.5 Å². The smallest absolute Gasteiger partial charge is 0.258 e. The molecule has 0 radical (unpaired) electrons. The van der Waals surface area contributed by atoms with E-state index in [4.69, 9.17) is 4.74 Å². The normalized spacial score (nSPS) is 21.5. The van der Waals surface area contributed by atoms with E-state index in [9.17, 15) is 4.79 Å². The van der Waals surface area contributed by atoms with Crippen LogP contribution in [0.1, 0.15) is 37.3 Å². The average Bonchev–Trinajstić information content (AvgIpc) is 3.06. The molecule has 2 aromatic carbocycles. The molecule has 1 aromatic heterocycles. The molecule has 2 atom stereocenters. The molecule has 0 saturated carbocycles. The van der Waals surface area contributed by atoms with Crippen molar-refractivity contribution >= 4 is 5.69 Å². The third kappa shape index (κ3) is 3.53. The second-order valence-electron chi connectivity index (χ2n) is 9.19. The Labute approximate surface area is 183 Å². The molecular formula is C26H29N3O2. The highest BCUT2D eigenvalue weighted by atomic mass is 16.5. The lowest BCUT2D eigenvalue weighted by molar-refractivity contribution is 0.237. The number of nitrogens with one attached hydrogen (secondary N) is 1. The minimum absolute atomic E-state index is 0.0471. The highest BCUT2D eigenvalue weighted by Gasteiger charge is 2.47. The maximum absolute atomic E-state index is 12.8. The fourth-order valence-electron chi connectivity index (χ4n) is 5.35. The van der Waals surface area contributed by atoms with Gasteiger partial charge in [0, 0.05) is 36.5 Å². The minimum atomic E-state index is -0.0921. The zero-order valence-corrected chi connectivity index (χ0v) is 18.3. The Kier molecular flexibility index (Phi) is 4.86. The van der Waals surface area contributed by atoms with Crippen molar-refractivity contribution in [1.29, 1.82) is 0 Å². The summed E-state index contributed by atoms with van der Waals surface area (Å²) < 4.78 is 7.50. The van der Waals surface area contributed by atoms with Gasteiger partial charge in [0.05, 0.1) is 11.7 Å².